The lowest BCUT2D eigenvalue weighted by Crippen LogP contribution is -2.38. The highest BCUT2D eigenvalue weighted by Gasteiger charge is 2.20. The molecule has 0 saturated carbocycles. The number of halogens is 1. The summed E-state index contributed by atoms with van der Waals surface area (Å²) in [6.45, 7) is 1.90. The second kappa shape index (κ2) is 9.91. The Morgan fingerprint density at radius 1 is 0.939 bits per heavy atom. The first-order valence-corrected chi connectivity index (χ1v) is 10.6. The summed E-state index contributed by atoms with van der Waals surface area (Å²) < 4.78 is 15.2. The zero-order valence-corrected chi connectivity index (χ0v) is 18.1. The summed E-state index contributed by atoms with van der Waals surface area (Å²) in [7, 11) is 0. The van der Waals surface area contributed by atoms with Crippen LogP contribution in [0.4, 0.5) is 10.2 Å². The number of nitrogens with one attached hydrogen (secondary N) is 1. The van der Waals surface area contributed by atoms with E-state index in [9.17, 15) is 14.0 Å². The normalized spacial score (nSPS) is 10.6. The highest BCUT2D eigenvalue weighted by molar-refractivity contribution is 5.99. The number of amides is 2. The molecule has 0 fully saturated rings. The van der Waals surface area contributed by atoms with Crippen molar-refractivity contribution < 1.29 is 14.0 Å². The number of carbonyl (C=O) groups is 2. The highest BCUT2D eigenvalue weighted by atomic mass is 19.1. The summed E-state index contributed by atoms with van der Waals surface area (Å²) >= 11 is 0. The van der Waals surface area contributed by atoms with E-state index in [-0.39, 0.29) is 18.0 Å². The van der Waals surface area contributed by atoms with Crippen molar-refractivity contribution in [3.63, 3.8) is 0 Å². The molecule has 0 aliphatic rings. The van der Waals surface area contributed by atoms with Gasteiger partial charge in [-0.3, -0.25) is 9.59 Å². The lowest BCUT2D eigenvalue weighted by molar-refractivity contribution is -0.116. The number of nitrogens with zero attached hydrogens (tertiary/aromatic N) is 3. The molecule has 4 rings (SSSR count). The van der Waals surface area contributed by atoms with Gasteiger partial charge >= 0.3 is 0 Å². The molecule has 0 bridgehead atoms. The van der Waals surface area contributed by atoms with Gasteiger partial charge in [-0.1, -0.05) is 54.6 Å². The van der Waals surface area contributed by atoms with Crippen LogP contribution in [0.3, 0.4) is 0 Å². The Balaban J connectivity index is 1.57. The van der Waals surface area contributed by atoms with Crippen LogP contribution < -0.4 is 5.32 Å². The maximum absolute atomic E-state index is 13.5. The Hall–Kier alpha value is -4.26. The Kier molecular flexibility index (Phi) is 6.59. The molecular weight excluding hydrogens is 419 g/mol. The SMILES string of the molecule is CCN(CC(=O)Nc1cc(-c2ccccc2)nn1-c1ccccc1)C(=O)c1cccc(F)c1. The summed E-state index contributed by atoms with van der Waals surface area (Å²) in [6.07, 6.45) is 0. The van der Waals surface area contributed by atoms with Gasteiger partial charge in [-0.15, -0.1) is 0 Å². The van der Waals surface area contributed by atoms with Crippen molar-refractivity contribution in [3.05, 3.63) is 102 Å². The van der Waals surface area contributed by atoms with Gasteiger partial charge in [-0.25, -0.2) is 9.07 Å². The van der Waals surface area contributed by atoms with Gasteiger partial charge in [0.05, 0.1) is 11.4 Å². The van der Waals surface area contributed by atoms with Crippen LogP contribution in [0.2, 0.25) is 0 Å². The first-order valence-electron chi connectivity index (χ1n) is 10.6. The molecular formula is C26H23FN4O2. The molecule has 6 nitrogen and oxygen atoms in total. The maximum atomic E-state index is 13.5. The Morgan fingerprint density at radius 3 is 2.30 bits per heavy atom. The Bertz CT molecular complexity index is 1260. The quantitative estimate of drug-likeness (QED) is 0.448. The number of hydrogen-bond acceptors (Lipinski definition) is 3. The van der Waals surface area contributed by atoms with E-state index in [1.165, 1.54) is 29.2 Å². The van der Waals surface area contributed by atoms with E-state index in [4.69, 9.17) is 0 Å². The number of hydrogen-bond donors (Lipinski definition) is 1. The number of rotatable bonds is 7. The van der Waals surface area contributed by atoms with E-state index in [2.05, 4.69) is 10.4 Å². The van der Waals surface area contributed by atoms with Gasteiger partial charge in [0.1, 0.15) is 18.2 Å². The topological polar surface area (TPSA) is 67.2 Å². The molecule has 2 amide bonds. The van der Waals surface area contributed by atoms with Gasteiger partial charge in [0.15, 0.2) is 0 Å². The molecule has 7 heteroatoms. The first kappa shape index (κ1) is 22.0. The molecule has 0 saturated heterocycles. The lowest BCUT2D eigenvalue weighted by atomic mass is 10.1. The summed E-state index contributed by atoms with van der Waals surface area (Å²) in [6, 6.07) is 26.4. The number of carbonyl (C=O) groups excluding carboxylic acids is 2. The lowest BCUT2D eigenvalue weighted by Gasteiger charge is -2.20. The number of aromatic nitrogens is 2. The van der Waals surface area contributed by atoms with Crippen molar-refractivity contribution in [1.82, 2.24) is 14.7 Å². The van der Waals surface area contributed by atoms with Crippen LogP contribution in [-0.4, -0.2) is 39.6 Å². The third-order valence-electron chi connectivity index (χ3n) is 5.12. The van der Waals surface area contributed by atoms with Crippen LogP contribution in [0.5, 0.6) is 0 Å². The maximum Gasteiger partial charge on any atom is 0.254 e. The summed E-state index contributed by atoms with van der Waals surface area (Å²) in [4.78, 5) is 27.0. The molecule has 0 aliphatic heterocycles. The van der Waals surface area contributed by atoms with Crippen LogP contribution in [0.1, 0.15) is 17.3 Å². The number of anilines is 1. The first-order chi connectivity index (χ1) is 16.0. The van der Waals surface area contributed by atoms with Crippen LogP contribution >= 0.6 is 0 Å². The largest absolute Gasteiger partial charge is 0.330 e. The molecule has 33 heavy (non-hydrogen) atoms. The minimum Gasteiger partial charge on any atom is -0.330 e. The highest BCUT2D eigenvalue weighted by Crippen LogP contribution is 2.24. The van der Waals surface area contributed by atoms with E-state index >= 15 is 0 Å². The molecule has 1 heterocycles. The van der Waals surface area contributed by atoms with Gasteiger partial charge in [-0.05, 0) is 37.3 Å². The summed E-state index contributed by atoms with van der Waals surface area (Å²) in [5.74, 6) is -0.798. The average Bonchev–Trinajstić information content (AvgIpc) is 3.27. The molecule has 1 N–H and O–H groups in total. The molecule has 1 aromatic heterocycles. The standard InChI is InChI=1S/C26H23FN4O2/c1-2-30(26(33)20-12-9-13-21(27)16-20)18-25(32)28-24-17-23(19-10-5-3-6-11-19)29-31(24)22-14-7-4-8-15-22/h3-17H,2,18H2,1H3,(H,28,32). The third kappa shape index (κ3) is 5.15. The zero-order chi connectivity index (χ0) is 23.2. The van der Waals surface area contributed by atoms with Gasteiger partial charge in [0, 0.05) is 23.7 Å². The van der Waals surface area contributed by atoms with Crippen molar-refractivity contribution in [1.29, 1.82) is 0 Å². The van der Waals surface area contributed by atoms with Crippen molar-refractivity contribution in [3.8, 4) is 16.9 Å². The summed E-state index contributed by atoms with van der Waals surface area (Å²) in [5.41, 5.74) is 2.61. The van der Waals surface area contributed by atoms with Gasteiger partial charge in [0.2, 0.25) is 5.91 Å². The molecule has 4 aromatic rings. The molecule has 0 unspecified atom stereocenters. The second-order valence-electron chi connectivity index (χ2n) is 7.41. The number of benzene rings is 3. The molecule has 0 spiro atoms. The second-order valence-corrected chi connectivity index (χ2v) is 7.41. The van der Waals surface area contributed by atoms with E-state index in [1.54, 1.807) is 17.7 Å². The minimum atomic E-state index is -0.499. The van der Waals surface area contributed by atoms with Crippen LogP contribution in [0, 0.1) is 5.82 Å². The van der Waals surface area contributed by atoms with E-state index < -0.39 is 11.7 Å². The van der Waals surface area contributed by atoms with Crippen LogP contribution in [0.15, 0.2) is 91.0 Å². The fourth-order valence-corrected chi connectivity index (χ4v) is 3.47. The van der Waals surface area contributed by atoms with Crippen LogP contribution in [-0.2, 0) is 4.79 Å². The van der Waals surface area contributed by atoms with Gasteiger partial charge < -0.3 is 10.2 Å². The number of likely N-dealkylation sites (N-methyl/N-ethyl adjacent to an activating group) is 1. The minimum absolute atomic E-state index is 0.174. The van der Waals surface area contributed by atoms with Crippen molar-refractivity contribution in [2.75, 3.05) is 18.4 Å². The monoisotopic (exact) mass is 442 g/mol. The average molecular weight is 442 g/mol. The Labute approximate surface area is 191 Å². The fraction of sp³-hybridized carbons (Fsp3) is 0.115. The Morgan fingerprint density at radius 2 is 1.64 bits per heavy atom. The molecule has 0 radical (unpaired) electrons. The third-order valence-corrected chi connectivity index (χ3v) is 5.12. The molecule has 0 aliphatic carbocycles. The van der Waals surface area contributed by atoms with E-state index in [0.717, 1.165) is 11.3 Å². The predicted molar refractivity (Wildman–Crippen MR) is 126 cm³/mol. The van der Waals surface area contributed by atoms with Crippen LogP contribution in [0.25, 0.3) is 16.9 Å². The van der Waals surface area contributed by atoms with E-state index in [1.807, 2.05) is 60.7 Å². The number of para-hydroxylation sites is 1. The van der Waals surface area contributed by atoms with Crippen molar-refractivity contribution in [2.24, 2.45) is 0 Å². The molecule has 3 aromatic carbocycles. The fourth-order valence-electron chi connectivity index (χ4n) is 3.47. The van der Waals surface area contributed by atoms with E-state index in [0.29, 0.717) is 18.1 Å². The van der Waals surface area contributed by atoms with Gasteiger partial charge in [-0.2, -0.15) is 5.10 Å². The zero-order valence-electron chi connectivity index (χ0n) is 18.1. The summed E-state index contributed by atoms with van der Waals surface area (Å²) in [5, 5.41) is 7.55. The molecule has 166 valence electrons. The van der Waals surface area contributed by atoms with Crippen molar-refractivity contribution >= 4 is 17.6 Å². The smallest absolute Gasteiger partial charge is 0.254 e. The van der Waals surface area contributed by atoms with Gasteiger partial charge in [0.25, 0.3) is 5.91 Å². The van der Waals surface area contributed by atoms with Crippen molar-refractivity contribution in [2.45, 2.75) is 6.92 Å². The molecule has 0 atom stereocenters. The predicted octanol–water partition coefficient (Wildman–Crippen LogP) is 4.78.